The van der Waals surface area contributed by atoms with Gasteiger partial charge in [0.05, 0.1) is 37.2 Å². The van der Waals surface area contributed by atoms with Crippen molar-refractivity contribution >= 4 is 17.8 Å². The average Bonchev–Trinajstić information content (AvgIpc) is 3.47. The van der Waals surface area contributed by atoms with Crippen LogP contribution in [-0.4, -0.2) is 82.8 Å². The summed E-state index contributed by atoms with van der Waals surface area (Å²) in [7, 11) is 0. The molecule has 0 radical (unpaired) electrons. The predicted octanol–water partition coefficient (Wildman–Crippen LogP) is 2.70. The minimum absolute atomic E-state index is 0.0838. The molecule has 3 aliphatic heterocycles. The number of esters is 1. The minimum Gasteiger partial charge on any atom is -0.465 e. The van der Waals surface area contributed by atoms with E-state index in [4.69, 9.17) is 9.47 Å². The van der Waals surface area contributed by atoms with Gasteiger partial charge in [-0.3, -0.25) is 14.4 Å². The summed E-state index contributed by atoms with van der Waals surface area (Å²) in [6.45, 7) is 14.3. The van der Waals surface area contributed by atoms with Crippen LogP contribution < -0.4 is 0 Å². The fourth-order valence-corrected chi connectivity index (χ4v) is 6.08. The van der Waals surface area contributed by atoms with Gasteiger partial charge in [-0.2, -0.15) is 0 Å². The van der Waals surface area contributed by atoms with E-state index in [2.05, 4.69) is 20.1 Å². The standard InChI is InChI=1S/C27H42N2O6/c1-6-9-11-16-34-26(33)21-20-12-13-27(35-20)22(21)24(31)29(19(17-30)18(4)5)23(27)25(32)28(14-8-3)15-10-7-2/h6,8,18-23,30H,1,3,7,9-17H2,2,4-5H3/t19-,20+,21-,22-,23?,27?/m0/s1. The zero-order valence-electron chi connectivity index (χ0n) is 21.5. The van der Waals surface area contributed by atoms with E-state index in [1.165, 1.54) is 0 Å². The molecule has 2 bridgehead atoms. The first-order chi connectivity index (χ1) is 16.8. The molecule has 8 nitrogen and oxygen atoms in total. The summed E-state index contributed by atoms with van der Waals surface area (Å²) in [5.74, 6) is -2.54. The van der Waals surface area contributed by atoms with Gasteiger partial charge in [0.2, 0.25) is 11.8 Å². The number of nitrogens with zero attached hydrogens (tertiary/aromatic N) is 2. The van der Waals surface area contributed by atoms with Crippen molar-refractivity contribution in [2.24, 2.45) is 17.8 Å². The minimum atomic E-state index is -1.09. The Labute approximate surface area is 209 Å². The monoisotopic (exact) mass is 490 g/mol. The average molecular weight is 491 g/mol. The summed E-state index contributed by atoms with van der Waals surface area (Å²) >= 11 is 0. The van der Waals surface area contributed by atoms with Gasteiger partial charge < -0.3 is 24.4 Å². The van der Waals surface area contributed by atoms with Gasteiger partial charge in [-0.1, -0.05) is 39.3 Å². The number of amides is 2. The Bertz CT molecular complexity index is 813. The predicted molar refractivity (Wildman–Crippen MR) is 132 cm³/mol. The normalized spacial score (nSPS) is 29.9. The summed E-state index contributed by atoms with van der Waals surface area (Å²) in [6.07, 6.45) is 7.28. The molecule has 0 aromatic rings. The van der Waals surface area contributed by atoms with Gasteiger partial charge in [0.1, 0.15) is 11.6 Å². The maximum absolute atomic E-state index is 14.1. The highest BCUT2D eigenvalue weighted by atomic mass is 16.6. The molecule has 2 amide bonds. The third-order valence-electron chi connectivity index (χ3n) is 7.80. The molecule has 0 saturated carbocycles. The Hall–Kier alpha value is -2.19. The number of carbonyl (C=O) groups is 3. The first-order valence-electron chi connectivity index (χ1n) is 13.1. The van der Waals surface area contributed by atoms with E-state index in [-0.39, 0.29) is 30.9 Å². The van der Waals surface area contributed by atoms with Gasteiger partial charge >= 0.3 is 5.97 Å². The molecular formula is C27H42N2O6. The SMILES string of the molecule is C=CCCCOC(=O)[C@@H]1[C@H]2C(=O)N([C@@H](CO)C(C)C)C(C(=O)N(CC=C)CCCC)C23CC[C@H]1O3. The van der Waals surface area contributed by atoms with Crippen LogP contribution in [0.4, 0.5) is 0 Å². The van der Waals surface area contributed by atoms with E-state index in [9.17, 15) is 19.5 Å². The van der Waals surface area contributed by atoms with Crippen molar-refractivity contribution in [2.45, 2.75) is 83.1 Å². The second kappa shape index (κ2) is 11.7. The third-order valence-corrected chi connectivity index (χ3v) is 7.80. The molecule has 35 heavy (non-hydrogen) atoms. The van der Waals surface area contributed by atoms with Crippen molar-refractivity contribution in [3.05, 3.63) is 25.3 Å². The van der Waals surface area contributed by atoms with Crippen LogP contribution in [0.25, 0.3) is 0 Å². The summed E-state index contributed by atoms with van der Waals surface area (Å²) in [6, 6.07) is -1.44. The number of aliphatic hydroxyl groups is 1. The number of ether oxygens (including phenoxy) is 2. The highest BCUT2D eigenvalue weighted by Gasteiger charge is 2.75. The highest BCUT2D eigenvalue weighted by Crippen LogP contribution is 2.59. The zero-order valence-corrected chi connectivity index (χ0v) is 21.5. The molecule has 3 rings (SSSR count). The lowest BCUT2D eigenvalue weighted by atomic mass is 9.70. The molecule has 3 saturated heterocycles. The Kier molecular flexibility index (Phi) is 9.16. The number of hydrogen-bond acceptors (Lipinski definition) is 6. The summed E-state index contributed by atoms with van der Waals surface area (Å²) in [5.41, 5.74) is -1.09. The molecule has 3 aliphatic rings. The van der Waals surface area contributed by atoms with Crippen LogP contribution in [0, 0.1) is 17.8 Å². The van der Waals surface area contributed by atoms with Crippen molar-refractivity contribution in [2.75, 3.05) is 26.3 Å². The van der Waals surface area contributed by atoms with Crippen molar-refractivity contribution in [3.8, 4) is 0 Å². The van der Waals surface area contributed by atoms with Gasteiger partial charge in [0.15, 0.2) is 0 Å². The lowest BCUT2D eigenvalue weighted by molar-refractivity contribution is -0.157. The van der Waals surface area contributed by atoms with Crippen LogP contribution >= 0.6 is 0 Å². The number of hydrogen-bond donors (Lipinski definition) is 1. The third kappa shape index (κ3) is 4.92. The number of fused-ring (bicyclic) bond motifs is 1. The molecule has 8 heteroatoms. The molecule has 2 unspecified atom stereocenters. The molecule has 3 heterocycles. The lowest BCUT2D eigenvalue weighted by Gasteiger charge is -2.40. The number of allylic oxidation sites excluding steroid dienone is 1. The Morgan fingerprint density at radius 1 is 1.31 bits per heavy atom. The number of unbranched alkanes of at least 4 members (excludes halogenated alkanes) is 2. The fourth-order valence-electron chi connectivity index (χ4n) is 6.08. The van der Waals surface area contributed by atoms with E-state index in [1.807, 2.05) is 13.8 Å². The molecule has 3 fully saturated rings. The van der Waals surface area contributed by atoms with Crippen LogP contribution in [-0.2, 0) is 23.9 Å². The lowest BCUT2D eigenvalue weighted by Crippen LogP contribution is -2.59. The maximum Gasteiger partial charge on any atom is 0.312 e. The molecule has 6 atom stereocenters. The number of aliphatic hydroxyl groups excluding tert-OH is 1. The Balaban J connectivity index is 1.99. The smallest absolute Gasteiger partial charge is 0.312 e. The van der Waals surface area contributed by atoms with E-state index < -0.39 is 41.6 Å². The summed E-state index contributed by atoms with van der Waals surface area (Å²) in [4.78, 5) is 44.5. The van der Waals surface area contributed by atoms with Crippen LogP contribution in [0.5, 0.6) is 0 Å². The second-order valence-electron chi connectivity index (χ2n) is 10.3. The molecule has 1 N–H and O–H groups in total. The topological polar surface area (TPSA) is 96.4 Å². The Morgan fingerprint density at radius 2 is 2.06 bits per heavy atom. The zero-order chi connectivity index (χ0) is 25.8. The van der Waals surface area contributed by atoms with Crippen LogP contribution in [0.2, 0.25) is 0 Å². The largest absolute Gasteiger partial charge is 0.465 e. The van der Waals surface area contributed by atoms with Crippen molar-refractivity contribution < 1.29 is 29.0 Å². The van der Waals surface area contributed by atoms with E-state index >= 15 is 0 Å². The number of likely N-dealkylation sites (tertiary alicyclic amines) is 1. The summed E-state index contributed by atoms with van der Waals surface area (Å²) in [5, 5.41) is 10.3. The van der Waals surface area contributed by atoms with Crippen LogP contribution in [0.1, 0.15) is 59.3 Å². The second-order valence-corrected chi connectivity index (χ2v) is 10.3. The van der Waals surface area contributed by atoms with Crippen LogP contribution in [0.15, 0.2) is 25.3 Å². The molecular weight excluding hydrogens is 448 g/mol. The van der Waals surface area contributed by atoms with Gasteiger partial charge in [-0.05, 0) is 38.0 Å². The molecule has 196 valence electrons. The first-order valence-corrected chi connectivity index (χ1v) is 13.1. The van der Waals surface area contributed by atoms with Crippen molar-refractivity contribution in [1.82, 2.24) is 9.80 Å². The quantitative estimate of drug-likeness (QED) is 0.229. The van der Waals surface area contributed by atoms with Gasteiger partial charge in [-0.25, -0.2) is 0 Å². The summed E-state index contributed by atoms with van der Waals surface area (Å²) < 4.78 is 12.0. The van der Waals surface area contributed by atoms with Crippen molar-refractivity contribution in [1.29, 1.82) is 0 Å². The number of carbonyl (C=O) groups excluding carboxylic acids is 3. The fraction of sp³-hybridized carbons (Fsp3) is 0.741. The highest BCUT2D eigenvalue weighted by molar-refractivity contribution is 5.98. The Morgan fingerprint density at radius 3 is 2.66 bits per heavy atom. The first kappa shape index (κ1) is 27.4. The van der Waals surface area contributed by atoms with Gasteiger partial charge in [-0.15, -0.1) is 13.2 Å². The molecule has 0 aliphatic carbocycles. The van der Waals surface area contributed by atoms with Crippen molar-refractivity contribution in [3.63, 3.8) is 0 Å². The van der Waals surface area contributed by atoms with E-state index in [0.717, 1.165) is 19.3 Å². The molecule has 0 aromatic heterocycles. The van der Waals surface area contributed by atoms with Crippen LogP contribution in [0.3, 0.4) is 0 Å². The van der Waals surface area contributed by atoms with E-state index in [1.54, 1.807) is 22.0 Å². The van der Waals surface area contributed by atoms with E-state index in [0.29, 0.717) is 32.4 Å². The molecule has 0 aromatic carbocycles. The molecule has 1 spiro atoms. The number of rotatable bonds is 14. The van der Waals surface area contributed by atoms with Gasteiger partial charge in [0.25, 0.3) is 0 Å². The van der Waals surface area contributed by atoms with Gasteiger partial charge in [0, 0.05) is 13.1 Å². The maximum atomic E-state index is 14.1.